The molecule has 1 aromatic rings. The Balaban J connectivity index is 1.51. The lowest BCUT2D eigenvalue weighted by molar-refractivity contribution is -0.137. The molecule has 0 saturated carbocycles. The van der Waals surface area contributed by atoms with E-state index in [2.05, 4.69) is 29.0 Å². The number of aromatic nitrogens is 1. The van der Waals surface area contributed by atoms with Gasteiger partial charge in [-0.3, -0.25) is 9.69 Å². The van der Waals surface area contributed by atoms with Crippen LogP contribution in [-0.4, -0.2) is 54.1 Å². The molecule has 2 aliphatic heterocycles. The molecule has 1 N–H and O–H groups in total. The molecule has 30 heavy (non-hydrogen) atoms. The summed E-state index contributed by atoms with van der Waals surface area (Å²) in [5.74, 6) is 0.285. The number of carbonyl (C=O) groups is 1. The van der Waals surface area contributed by atoms with Gasteiger partial charge in [0.25, 0.3) is 0 Å². The van der Waals surface area contributed by atoms with E-state index in [0.717, 1.165) is 25.4 Å². The van der Waals surface area contributed by atoms with Crippen molar-refractivity contribution >= 4 is 23.3 Å². The van der Waals surface area contributed by atoms with Crippen molar-refractivity contribution < 1.29 is 18.0 Å². The van der Waals surface area contributed by atoms with E-state index in [9.17, 15) is 18.0 Å². The summed E-state index contributed by atoms with van der Waals surface area (Å²) in [5.41, 5.74) is -0.934. The predicted octanol–water partition coefficient (Wildman–Crippen LogP) is 4.35. The van der Waals surface area contributed by atoms with Crippen molar-refractivity contribution in [2.75, 3.05) is 37.6 Å². The molecular weight excluding hydrogens is 417 g/mol. The quantitative estimate of drug-likeness (QED) is 0.730. The molecule has 0 radical (unpaired) electrons. The Morgan fingerprint density at radius 2 is 1.80 bits per heavy atom. The highest BCUT2D eigenvalue weighted by Crippen LogP contribution is 2.34. The van der Waals surface area contributed by atoms with Crippen LogP contribution in [0.3, 0.4) is 0 Å². The maximum absolute atomic E-state index is 12.8. The summed E-state index contributed by atoms with van der Waals surface area (Å²) < 4.78 is 38.4. The van der Waals surface area contributed by atoms with E-state index in [0.29, 0.717) is 38.3 Å². The van der Waals surface area contributed by atoms with Crippen LogP contribution in [0.5, 0.6) is 0 Å². The fourth-order valence-corrected chi connectivity index (χ4v) is 4.52. The van der Waals surface area contributed by atoms with Gasteiger partial charge >= 0.3 is 6.18 Å². The number of rotatable bonds is 5. The summed E-state index contributed by atoms with van der Waals surface area (Å²) in [6, 6.07) is 0.908. The van der Waals surface area contributed by atoms with Crippen LogP contribution in [0.2, 0.25) is 5.02 Å². The molecule has 0 aliphatic carbocycles. The molecule has 3 heterocycles. The van der Waals surface area contributed by atoms with E-state index < -0.39 is 11.7 Å². The molecule has 9 heteroatoms. The van der Waals surface area contributed by atoms with Gasteiger partial charge in [-0.25, -0.2) is 4.98 Å². The second-order valence-electron chi connectivity index (χ2n) is 8.87. The fourth-order valence-electron chi connectivity index (χ4n) is 4.23. The molecule has 0 aromatic carbocycles. The molecule has 3 rings (SSSR count). The summed E-state index contributed by atoms with van der Waals surface area (Å²) in [5, 5.41) is 3.10. The summed E-state index contributed by atoms with van der Waals surface area (Å²) in [4.78, 5) is 20.9. The van der Waals surface area contributed by atoms with E-state index >= 15 is 0 Å². The lowest BCUT2D eigenvalue weighted by Crippen LogP contribution is -2.54. The summed E-state index contributed by atoms with van der Waals surface area (Å²) in [6.45, 7) is 8.15. The van der Waals surface area contributed by atoms with Crippen molar-refractivity contribution in [3.8, 4) is 0 Å². The minimum atomic E-state index is -4.47. The van der Waals surface area contributed by atoms with Gasteiger partial charge in [0.1, 0.15) is 5.82 Å². The Morgan fingerprint density at radius 3 is 2.37 bits per heavy atom. The first kappa shape index (κ1) is 23.1. The van der Waals surface area contributed by atoms with Gasteiger partial charge in [0, 0.05) is 37.3 Å². The number of halogens is 4. The fraction of sp³-hybridized carbons (Fsp3) is 0.714. The second-order valence-corrected chi connectivity index (χ2v) is 9.27. The van der Waals surface area contributed by atoms with Crippen LogP contribution in [0.25, 0.3) is 0 Å². The van der Waals surface area contributed by atoms with Crippen molar-refractivity contribution in [1.82, 2.24) is 15.2 Å². The molecule has 0 spiro atoms. The number of anilines is 1. The molecule has 0 bridgehead atoms. The first-order valence-electron chi connectivity index (χ1n) is 10.6. The molecule has 1 aromatic heterocycles. The highest BCUT2D eigenvalue weighted by Gasteiger charge is 2.33. The average molecular weight is 447 g/mol. The monoisotopic (exact) mass is 446 g/mol. The van der Waals surface area contributed by atoms with Crippen LogP contribution in [0.4, 0.5) is 19.0 Å². The standard InChI is InChI=1S/C21H30ClF3N4O/c1-20(2,29-8-4-3-5-9-29)14-27-19(30)15-6-10-28(11-7-15)18-17(22)12-16(13-26-18)21(23,24)25/h12-13,15H,3-11,14H2,1-2H3,(H,27,30). The van der Waals surface area contributed by atoms with Crippen molar-refractivity contribution in [3.05, 3.63) is 22.8 Å². The number of piperidine rings is 2. The molecule has 0 atom stereocenters. The first-order chi connectivity index (χ1) is 14.1. The Kier molecular flexibility index (Phi) is 7.17. The molecule has 1 amide bonds. The lowest BCUT2D eigenvalue weighted by atomic mass is 9.94. The van der Waals surface area contributed by atoms with Crippen molar-refractivity contribution in [3.63, 3.8) is 0 Å². The Morgan fingerprint density at radius 1 is 1.17 bits per heavy atom. The molecule has 5 nitrogen and oxygen atoms in total. The van der Waals surface area contributed by atoms with Crippen LogP contribution < -0.4 is 10.2 Å². The van der Waals surface area contributed by atoms with Crippen LogP contribution >= 0.6 is 11.6 Å². The number of hydrogen-bond donors (Lipinski definition) is 1. The zero-order valence-electron chi connectivity index (χ0n) is 17.6. The minimum absolute atomic E-state index is 0.0176. The Bertz CT molecular complexity index is 742. The number of carbonyl (C=O) groups excluding carboxylic acids is 1. The molecule has 168 valence electrons. The van der Waals surface area contributed by atoms with Gasteiger partial charge in [0.2, 0.25) is 5.91 Å². The number of nitrogens with one attached hydrogen (secondary N) is 1. The number of nitrogens with zero attached hydrogens (tertiary/aromatic N) is 3. The zero-order valence-corrected chi connectivity index (χ0v) is 18.3. The van der Waals surface area contributed by atoms with Crippen LogP contribution in [-0.2, 0) is 11.0 Å². The van der Waals surface area contributed by atoms with E-state index in [1.165, 1.54) is 19.3 Å². The van der Waals surface area contributed by atoms with Gasteiger partial charge in [0.05, 0.1) is 10.6 Å². The van der Waals surface area contributed by atoms with Gasteiger partial charge < -0.3 is 10.2 Å². The number of alkyl halides is 3. The van der Waals surface area contributed by atoms with E-state index in [1.54, 1.807) is 0 Å². The van der Waals surface area contributed by atoms with Crippen molar-refractivity contribution in [2.45, 2.75) is 57.7 Å². The van der Waals surface area contributed by atoms with Crippen molar-refractivity contribution in [1.29, 1.82) is 0 Å². The highest BCUT2D eigenvalue weighted by molar-refractivity contribution is 6.33. The number of amides is 1. The first-order valence-corrected chi connectivity index (χ1v) is 11.0. The van der Waals surface area contributed by atoms with Gasteiger partial charge in [0.15, 0.2) is 0 Å². The van der Waals surface area contributed by atoms with Gasteiger partial charge in [-0.15, -0.1) is 0 Å². The largest absolute Gasteiger partial charge is 0.417 e. The zero-order chi connectivity index (χ0) is 21.9. The third kappa shape index (κ3) is 5.58. The average Bonchev–Trinajstić information content (AvgIpc) is 2.72. The van der Waals surface area contributed by atoms with E-state index in [4.69, 9.17) is 11.6 Å². The highest BCUT2D eigenvalue weighted by atomic mass is 35.5. The molecular formula is C21H30ClF3N4O. The maximum Gasteiger partial charge on any atom is 0.417 e. The maximum atomic E-state index is 12.8. The van der Waals surface area contributed by atoms with E-state index in [1.807, 2.05) is 4.90 Å². The van der Waals surface area contributed by atoms with Crippen molar-refractivity contribution in [2.24, 2.45) is 5.92 Å². The summed E-state index contributed by atoms with van der Waals surface area (Å²) in [7, 11) is 0. The predicted molar refractivity (Wildman–Crippen MR) is 112 cm³/mol. The summed E-state index contributed by atoms with van der Waals surface area (Å²) in [6.07, 6.45) is 1.26. The third-order valence-corrected chi connectivity index (χ3v) is 6.50. The van der Waals surface area contributed by atoms with Gasteiger partial charge in [-0.2, -0.15) is 13.2 Å². The van der Waals surface area contributed by atoms with Gasteiger partial charge in [-0.05, 0) is 58.7 Å². The topological polar surface area (TPSA) is 48.5 Å². The lowest BCUT2D eigenvalue weighted by Gasteiger charge is -2.41. The molecule has 2 saturated heterocycles. The van der Waals surface area contributed by atoms with Crippen LogP contribution in [0.15, 0.2) is 12.3 Å². The van der Waals surface area contributed by atoms with Gasteiger partial charge in [-0.1, -0.05) is 18.0 Å². The molecule has 2 aliphatic rings. The SMILES string of the molecule is CC(C)(CNC(=O)C1CCN(c2ncc(C(F)(F)F)cc2Cl)CC1)N1CCCCC1. The Labute approximate surface area is 181 Å². The molecule has 2 fully saturated rings. The van der Waals surface area contributed by atoms with Crippen LogP contribution in [0.1, 0.15) is 51.5 Å². The van der Waals surface area contributed by atoms with Crippen LogP contribution in [0, 0.1) is 5.92 Å². The molecule has 0 unspecified atom stereocenters. The minimum Gasteiger partial charge on any atom is -0.355 e. The number of pyridine rings is 1. The summed E-state index contributed by atoms with van der Waals surface area (Å²) >= 11 is 6.05. The third-order valence-electron chi connectivity index (χ3n) is 6.22. The number of likely N-dealkylation sites (tertiary alicyclic amines) is 1. The van der Waals surface area contributed by atoms with E-state index in [-0.39, 0.29) is 22.4 Å². The number of hydrogen-bond acceptors (Lipinski definition) is 4. The Hall–Kier alpha value is -1.54. The normalized spacial score (nSPS) is 19.7. The second kappa shape index (κ2) is 9.30. The smallest absolute Gasteiger partial charge is 0.355 e.